The summed E-state index contributed by atoms with van der Waals surface area (Å²) in [7, 11) is 1.59. The predicted octanol–water partition coefficient (Wildman–Crippen LogP) is 4.15. The van der Waals surface area contributed by atoms with Crippen LogP contribution in [0, 0.1) is 12.7 Å². The summed E-state index contributed by atoms with van der Waals surface area (Å²) in [5, 5.41) is 4.35. The molecule has 32 heavy (non-hydrogen) atoms. The van der Waals surface area contributed by atoms with Crippen molar-refractivity contribution in [1.29, 1.82) is 0 Å². The van der Waals surface area contributed by atoms with E-state index in [1.54, 1.807) is 32.2 Å². The number of benzene rings is 2. The monoisotopic (exact) mass is 433 g/mol. The Bertz CT molecular complexity index is 1270. The van der Waals surface area contributed by atoms with Crippen LogP contribution in [-0.2, 0) is 16.1 Å². The highest BCUT2D eigenvalue weighted by atomic mass is 19.1. The number of carbonyl (C=O) groups excluding carboxylic acids is 2. The molecular formula is C24H20FN3O4. The van der Waals surface area contributed by atoms with Crippen molar-refractivity contribution in [3.05, 3.63) is 83.3 Å². The van der Waals surface area contributed by atoms with E-state index in [4.69, 9.17) is 9.26 Å². The number of ether oxygens (including phenoxy) is 1. The fourth-order valence-electron chi connectivity index (χ4n) is 3.28. The molecule has 162 valence electrons. The maximum atomic E-state index is 13.1. The van der Waals surface area contributed by atoms with Crippen molar-refractivity contribution < 1.29 is 23.2 Å². The van der Waals surface area contributed by atoms with Gasteiger partial charge < -0.3 is 14.2 Å². The minimum atomic E-state index is -0.676. The number of pyridine rings is 1. The SMILES string of the molecule is Cc1noc2nc(-c3ccccc3)cc(C(=O)OCC(=O)N(C)Cc3ccc(F)cc3)c12. The van der Waals surface area contributed by atoms with Gasteiger partial charge in [-0.25, -0.2) is 14.2 Å². The van der Waals surface area contributed by atoms with Gasteiger partial charge in [-0.1, -0.05) is 47.6 Å². The summed E-state index contributed by atoms with van der Waals surface area (Å²) in [5.41, 5.74) is 3.03. The molecule has 7 nitrogen and oxygen atoms in total. The lowest BCUT2D eigenvalue weighted by Gasteiger charge is -2.17. The van der Waals surface area contributed by atoms with Gasteiger partial charge >= 0.3 is 5.97 Å². The smallest absolute Gasteiger partial charge is 0.339 e. The van der Waals surface area contributed by atoms with Crippen LogP contribution in [0.25, 0.3) is 22.4 Å². The van der Waals surface area contributed by atoms with Crippen molar-refractivity contribution in [3.8, 4) is 11.3 Å². The van der Waals surface area contributed by atoms with Gasteiger partial charge in [0, 0.05) is 19.2 Å². The number of amides is 1. The molecule has 0 saturated carbocycles. The third-order valence-electron chi connectivity index (χ3n) is 4.99. The number of hydrogen-bond donors (Lipinski definition) is 0. The van der Waals surface area contributed by atoms with E-state index in [1.165, 1.54) is 17.0 Å². The molecule has 8 heteroatoms. The lowest BCUT2D eigenvalue weighted by atomic mass is 10.1. The number of aromatic nitrogens is 2. The summed E-state index contributed by atoms with van der Waals surface area (Å²) in [6, 6.07) is 16.8. The summed E-state index contributed by atoms with van der Waals surface area (Å²) in [6.07, 6.45) is 0. The maximum Gasteiger partial charge on any atom is 0.339 e. The Morgan fingerprint density at radius 2 is 1.81 bits per heavy atom. The first-order valence-electron chi connectivity index (χ1n) is 9.90. The van der Waals surface area contributed by atoms with Crippen LogP contribution in [-0.4, -0.2) is 40.6 Å². The van der Waals surface area contributed by atoms with Crippen molar-refractivity contribution in [2.24, 2.45) is 0 Å². The van der Waals surface area contributed by atoms with Crippen LogP contribution in [0.5, 0.6) is 0 Å². The highest BCUT2D eigenvalue weighted by Crippen LogP contribution is 2.27. The summed E-state index contributed by atoms with van der Waals surface area (Å²) in [4.78, 5) is 31.2. The molecule has 0 aliphatic rings. The standard InChI is InChI=1S/C24H20FN3O4/c1-15-22-19(12-20(26-23(22)32-27-15)17-6-4-3-5-7-17)24(30)31-14-21(29)28(2)13-16-8-10-18(25)11-9-16/h3-12H,13-14H2,1-2H3. The van der Waals surface area contributed by atoms with E-state index in [0.717, 1.165) is 11.1 Å². The Hall–Kier alpha value is -4.07. The Kier molecular flexibility index (Phi) is 5.93. The zero-order valence-electron chi connectivity index (χ0n) is 17.5. The fraction of sp³-hybridized carbons (Fsp3) is 0.167. The first-order valence-corrected chi connectivity index (χ1v) is 9.90. The van der Waals surface area contributed by atoms with Crippen LogP contribution in [0.2, 0.25) is 0 Å². The molecule has 0 spiro atoms. The minimum Gasteiger partial charge on any atom is -0.452 e. The van der Waals surface area contributed by atoms with Crippen molar-refractivity contribution in [2.45, 2.75) is 13.5 Å². The summed E-state index contributed by atoms with van der Waals surface area (Å²) < 4.78 is 23.6. The van der Waals surface area contributed by atoms with Gasteiger partial charge in [-0.05, 0) is 30.7 Å². The first kappa shape index (κ1) is 21.2. The van der Waals surface area contributed by atoms with Crippen molar-refractivity contribution >= 4 is 23.0 Å². The van der Waals surface area contributed by atoms with Crippen molar-refractivity contribution in [1.82, 2.24) is 15.0 Å². The lowest BCUT2D eigenvalue weighted by molar-refractivity contribution is -0.133. The Labute approximate surface area is 183 Å². The second kappa shape index (κ2) is 8.97. The van der Waals surface area contributed by atoms with E-state index < -0.39 is 18.5 Å². The number of aryl methyl sites for hydroxylation is 1. The molecule has 0 atom stereocenters. The van der Waals surface area contributed by atoms with Gasteiger partial charge in [0.25, 0.3) is 11.6 Å². The average Bonchev–Trinajstić information content (AvgIpc) is 3.19. The van der Waals surface area contributed by atoms with E-state index in [-0.39, 0.29) is 23.6 Å². The van der Waals surface area contributed by atoms with Gasteiger partial charge in [0.1, 0.15) is 5.82 Å². The first-order chi connectivity index (χ1) is 15.4. The number of hydrogen-bond acceptors (Lipinski definition) is 6. The van der Waals surface area contributed by atoms with Gasteiger partial charge in [0.05, 0.1) is 22.3 Å². The number of likely N-dealkylation sites (N-methyl/N-ethyl adjacent to an activating group) is 1. The molecule has 0 unspecified atom stereocenters. The Balaban J connectivity index is 1.51. The number of nitrogens with zero attached hydrogens (tertiary/aromatic N) is 3. The van der Waals surface area contributed by atoms with Crippen molar-refractivity contribution in [2.75, 3.05) is 13.7 Å². The molecule has 0 bridgehead atoms. The summed E-state index contributed by atoms with van der Waals surface area (Å²) in [6.45, 7) is 1.53. The second-order valence-corrected chi connectivity index (χ2v) is 7.32. The lowest BCUT2D eigenvalue weighted by Crippen LogP contribution is -2.30. The third kappa shape index (κ3) is 4.49. The quantitative estimate of drug-likeness (QED) is 0.425. The Morgan fingerprint density at radius 3 is 2.53 bits per heavy atom. The van der Waals surface area contributed by atoms with Gasteiger partial charge in [-0.2, -0.15) is 0 Å². The maximum absolute atomic E-state index is 13.1. The van der Waals surface area contributed by atoms with Gasteiger partial charge in [-0.3, -0.25) is 4.79 Å². The second-order valence-electron chi connectivity index (χ2n) is 7.32. The van der Waals surface area contributed by atoms with E-state index in [9.17, 15) is 14.0 Å². The summed E-state index contributed by atoms with van der Waals surface area (Å²) >= 11 is 0. The molecule has 4 aromatic rings. The molecule has 2 aromatic carbocycles. The zero-order valence-corrected chi connectivity index (χ0v) is 17.5. The summed E-state index contributed by atoms with van der Waals surface area (Å²) in [5.74, 6) is -1.41. The Morgan fingerprint density at radius 1 is 1.09 bits per heavy atom. The predicted molar refractivity (Wildman–Crippen MR) is 115 cm³/mol. The largest absolute Gasteiger partial charge is 0.452 e. The molecular weight excluding hydrogens is 413 g/mol. The molecule has 0 fully saturated rings. The van der Waals surface area contributed by atoms with E-state index in [2.05, 4.69) is 10.1 Å². The van der Waals surface area contributed by atoms with E-state index >= 15 is 0 Å². The molecule has 2 aromatic heterocycles. The van der Waals surface area contributed by atoms with Crippen LogP contribution in [0.1, 0.15) is 21.6 Å². The van der Waals surface area contributed by atoms with Gasteiger partial charge in [-0.15, -0.1) is 0 Å². The molecule has 1 amide bonds. The average molecular weight is 433 g/mol. The number of esters is 1. The van der Waals surface area contributed by atoms with Crippen LogP contribution in [0.15, 0.2) is 65.2 Å². The molecule has 4 rings (SSSR count). The van der Waals surface area contributed by atoms with Crippen LogP contribution in [0.4, 0.5) is 4.39 Å². The third-order valence-corrected chi connectivity index (χ3v) is 4.99. The van der Waals surface area contributed by atoms with Crippen molar-refractivity contribution in [3.63, 3.8) is 0 Å². The minimum absolute atomic E-state index is 0.218. The van der Waals surface area contributed by atoms with E-state index in [1.807, 2.05) is 30.3 Å². The van der Waals surface area contributed by atoms with Gasteiger partial charge in [0.2, 0.25) is 0 Å². The number of carbonyl (C=O) groups is 2. The van der Waals surface area contributed by atoms with Gasteiger partial charge in [0.15, 0.2) is 6.61 Å². The molecule has 0 N–H and O–H groups in total. The molecule has 0 saturated heterocycles. The normalized spacial score (nSPS) is 10.8. The van der Waals surface area contributed by atoms with Crippen LogP contribution in [0.3, 0.4) is 0 Å². The van der Waals surface area contributed by atoms with Crippen LogP contribution < -0.4 is 0 Å². The highest BCUT2D eigenvalue weighted by molar-refractivity contribution is 6.04. The number of fused-ring (bicyclic) bond motifs is 1. The number of rotatable bonds is 6. The highest BCUT2D eigenvalue weighted by Gasteiger charge is 2.22. The molecule has 0 aliphatic carbocycles. The fourth-order valence-corrected chi connectivity index (χ4v) is 3.28. The number of halogens is 1. The van der Waals surface area contributed by atoms with E-state index in [0.29, 0.717) is 16.8 Å². The molecule has 0 aliphatic heterocycles. The zero-order chi connectivity index (χ0) is 22.7. The molecule has 2 heterocycles. The van der Waals surface area contributed by atoms with Crippen LogP contribution >= 0.6 is 0 Å². The molecule has 0 radical (unpaired) electrons. The topological polar surface area (TPSA) is 85.5 Å².